The molecule has 0 fully saturated rings. The summed E-state index contributed by atoms with van der Waals surface area (Å²) < 4.78 is 30.6. The lowest BCUT2D eigenvalue weighted by Crippen LogP contribution is -2.16. The van der Waals surface area contributed by atoms with E-state index in [0.717, 1.165) is 5.56 Å². The van der Waals surface area contributed by atoms with Gasteiger partial charge in [-0.1, -0.05) is 18.2 Å². The van der Waals surface area contributed by atoms with E-state index in [1.165, 1.54) is 12.3 Å². The minimum atomic E-state index is -4.07. The predicted octanol–water partition coefficient (Wildman–Crippen LogP) is 3.40. The van der Waals surface area contributed by atoms with Crippen molar-refractivity contribution in [2.75, 3.05) is 22.9 Å². The molecule has 0 radical (unpaired) electrons. The fourth-order valence-electron chi connectivity index (χ4n) is 3.50. The predicted molar refractivity (Wildman–Crippen MR) is 138 cm³/mol. The lowest BCUT2D eigenvalue weighted by atomic mass is 10.1. The van der Waals surface area contributed by atoms with Crippen molar-refractivity contribution >= 4 is 50.1 Å². The number of thioether (sulfide) groups is 1. The number of hydrogen-bond acceptors (Lipinski definition) is 9. The molecule has 184 valence electrons. The molecular formula is C23H26N6O4S2. The molecule has 4 N–H and O–H groups in total. The maximum Gasteiger partial charge on any atom is 0.282 e. The number of sulfonamides is 1. The van der Waals surface area contributed by atoms with Gasteiger partial charge >= 0.3 is 0 Å². The summed E-state index contributed by atoms with van der Waals surface area (Å²) in [4.78, 5) is 13.4. The number of aliphatic hydroxyl groups excluding tert-OH is 1. The Bertz CT molecular complexity index is 1460. The highest BCUT2D eigenvalue weighted by Crippen LogP contribution is 2.31. The van der Waals surface area contributed by atoms with Crippen molar-refractivity contribution in [2.45, 2.75) is 23.6 Å². The first-order valence-corrected chi connectivity index (χ1v) is 13.7. The Hall–Kier alpha value is -3.35. The van der Waals surface area contributed by atoms with Gasteiger partial charge in [0.15, 0.2) is 16.7 Å². The van der Waals surface area contributed by atoms with E-state index in [1.807, 2.05) is 12.3 Å². The Kier molecular flexibility index (Phi) is 7.43. The van der Waals surface area contributed by atoms with Crippen molar-refractivity contribution in [3.8, 4) is 5.75 Å². The Labute approximate surface area is 207 Å². The number of phenolic OH excluding ortho intramolecular Hbond substituents is 1. The zero-order chi connectivity index (χ0) is 25.0. The Balaban J connectivity index is 1.76. The number of phenols is 1. The first-order valence-electron chi connectivity index (χ1n) is 10.8. The van der Waals surface area contributed by atoms with Crippen LogP contribution in [0.5, 0.6) is 5.75 Å². The maximum absolute atomic E-state index is 13.2. The van der Waals surface area contributed by atoms with Crippen molar-refractivity contribution in [3.63, 3.8) is 0 Å². The molecule has 2 aromatic heterocycles. The van der Waals surface area contributed by atoms with Crippen LogP contribution in [-0.4, -0.2) is 51.0 Å². The third-order valence-electron chi connectivity index (χ3n) is 5.25. The molecule has 12 heteroatoms. The Morgan fingerprint density at radius 1 is 1.06 bits per heavy atom. The molecule has 0 unspecified atom stereocenters. The number of fused-ring (bicyclic) bond motifs is 1. The van der Waals surface area contributed by atoms with Gasteiger partial charge in [0, 0.05) is 31.6 Å². The molecule has 0 spiro atoms. The molecule has 10 nitrogen and oxygen atoms in total. The zero-order valence-corrected chi connectivity index (χ0v) is 20.9. The van der Waals surface area contributed by atoms with Crippen LogP contribution < -0.4 is 10.0 Å². The van der Waals surface area contributed by atoms with Crippen molar-refractivity contribution in [2.24, 2.45) is 7.05 Å². The average molecular weight is 515 g/mol. The van der Waals surface area contributed by atoms with Crippen LogP contribution in [-0.2, 0) is 29.2 Å². The Morgan fingerprint density at radius 2 is 1.77 bits per heavy atom. The van der Waals surface area contributed by atoms with Gasteiger partial charge in [-0.25, -0.2) is 15.0 Å². The van der Waals surface area contributed by atoms with Crippen LogP contribution in [0, 0.1) is 0 Å². The van der Waals surface area contributed by atoms with E-state index < -0.39 is 10.0 Å². The molecular weight excluding hydrogens is 488 g/mol. The normalized spacial score (nSPS) is 11.6. The largest absolute Gasteiger partial charge is 0.508 e. The Morgan fingerprint density at radius 3 is 2.46 bits per heavy atom. The average Bonchev–Trinajstić information content (AvgIpc) is 3.20. The summed E-state index contributed by atoms with van der Waals surface area (Å²) in [5, 5.41) is 22.3. The van der Waals surface area contributed by atoms with Gasteiger partial charge in [0.25, 0.3) is 10.0 Å². The maximum atomic E-state index is 13.2. The second-order valence-electron chi connectivity index (χ2n) is 7.85. The molecule has 4 aromatic rings. The van der Waals surface area contributed by atoms with Crippen LogP contribution in [0.4, 0.5) is 17.3 Å². The van der Waals surface area contributed by atoms with Crippen LogP contribution in [0.1, 0.15) is 17.8 Å². The molecule has 0 aliphatic carbocycles. The van der Waals surface area contributed by atoms with Crippen LogP contribution in [0.15, 0.2) is 53.7 Å². The molecule has 4 rings (SSSR count). The van der Waals surface area contributed by atoms with Crippen molar-refractivity contribution in [1.82, 2.24) is 19.5 Å². The molecule has 35 heavy (non-hydrogen) atoms. The first-order chi connectivity index (χ1) is 16.8. The number of aromatic hydroxyl groups is 1. The number of aliphatic hydroxyl groups is 1. The van der Waals surface area contributed by atoms with E-state index in [1.54, 1.807) is 53.7 Å². The molecule has 2 heterocycles. The number of nitrogens with one attached hydrogen (secondary N) is 2. The molecule has 0 atom stereocenters. The van der Waals surface area contributed by atoms with E-state index in [2.05, 4.69) is 25.0 Å². The van der Waals surface area contributed by atoms with Crippen molar-refractivity contribution < 1.29 is 18.6 Å². The van der Waals surface area contributed by atoms with Gasteiger partial charge in [0.05, 0.1) is 16.8 Å². The van der Waals surface area contributed by atoms with Crippen LogP contribution in [0.25, 0.3) is 11.0 Å². The van der Waals surface area contributed by atoms with Gasteiger partial charge in [0.2, 0.25) is 0 Å². The van der Waals surface area contributed by atoms with Crippen LogP contribution in [0.3, 0.4) is 0 Å². The number of aromatic nitrogens is 4. The van der Waals surface area contributed by atoms with Gasteiger partial charge in [-0.15, -0.1) is 0 Å². The number of aryl methyl sites for hydroxylation is 2. The van der Waals surface area contributed by atoms with Gasteiger partial charge < -0.3 is 20.1 Å². The summed E-state index contributed by atoms with van der Waals surface area (Å²) in [7, 11) is -2.32. The standard InChI is InChI=1S/C23H26N6O4S2/c1-29-13-21(27-20(29)14-34-2)35(32,33)28-23-22(24-17-7-3-4-8-18(17)25-23)26-19-12-16(31)10-9-15(19)6-5-11-30/h3-4,7-10,12-13,30-31H,5-6,11,14H2,1-2H3,(H,24,26)(H,25,28). The quantitative estimate of drug-likeness (QED) is 0.250. The van der Waals surface area contributed by atoms with Gasteiger partial charge in [-0.3, -0.25) is 4.72 Å². The summed E-state index contributed by atoms with van der Waals surface area (Å²) in [6, 6.07) is 11.9. The zero-order valence-electron chi connectivity index (χ0n) is 19.3. The number of benzene rings is 2. The number of para-hydroxylation sites is 2. The number of nitrogens with zero attached hydrogens (tertiary/aromatic N) is 4. The molecule has 0 saturated carbocycles. The number of imidazole rings is 1. The molecule has 0 bridgehead atoms. The lowest BCUT2D eigenvalue weighted by Gasteiger charge is -2.16. The summed E-state index contributed by atoms with van der Waals surface area (Å²) >= 11 is 1.54. The highest BCUT2D eigenvalue weighted by Gasteiger charge is 2.23. The van der Waals surface area contributed by atoms with E-state index in [9.17, 15) is 18.6 Å². The van der Waals surface area contributed by atoms with E-state index >= 15 is 0 Å². The molecule has 2 aromatic carbocycles. The van der Waals surface area contributed by atoms with E-state index in [4.69, 9.17) is 0 Å². The highest BCUT2D eigenvalue weighted by atomic mass is 32.2. The van der Waals surface area contributed by atoms with Crippen LogP contribution >= 0.6 is 11.8 Å². The van der Waals surface area contributed by atoms with Gasteiger partial charge in [-0.2, -0.15) is 20.2 Å². The molecule has 0 aliphatic heterocycles. The summed E-state index contributed by atoms with van der Waals surface area (Å²) in [6.07, 6.45) is 4.45. The minimum absolute atomic E-state index is 0.00257. The third-order valence-corrected chi connectivity index (χ3v) is 7.01. The monoisotopic (exact) mass is 514 g/mol. The fraction of sp³-hybridized carbons (Fsp3) is 0.261. The van der Waals surface area contributed by atoms with Gasteiger partial charge in [0.1, 0.15) is 11.6 Å². The molecule has 0 amide bonds. The SMILES string of the molecule is CSCc1nc(S(=O)(=O)Nc2nc3ccccc3nc2Nc2cc(O)ccc2CCCO)cn1C. The fourth-order valence-corrected chi connectivity index (χ4v) is 5.05. The van der Waals surface area contributed by atoms with Crippen molar-refractivity contribution in [1.29, 1.82) is 0 Å². The number of rotatable bonds is 10. The summed E-state index contributed by atoms with van der Waals surface area (Å²) in [5.41, 5.74) is 2.43. The minimum Gasteiger partial charge on any atom is -0.508 e. The smallest absolute Gasteiger partial charge is 0.282 e. The molecule has 0 aliphatic rings. The lowest BCUT2D eigenvalue weighted by molar-refractivity contribution is 0.288. The second kappa shape index (κ2) is 10.5. The number of anilines is 3. The first kappa shape index (κ1) is 24.8. The van der Waals surface area contributed by atoms with E-state index in [-0.39, 0.29) is 29.0 Å². The highest BCUT2D eigenvalue weighted by molar-refractivity contribution is 7.97. The van der Waals surface area contributed by atoms with Crippen LogP contribution in [0.2, 0.25) is 0 Å². The second-order valence-corrected chi connectivity index (χ2v) is 10.3. The molecule has 0 saturated heterocycles. The number of hydrogen-bond donors (Lipinski definition) is 4. The van der Waals surface area contributed by atoms with Gasteiger partial charge in [-0.05, 0) is 42.9 Å². The summed E-state index contributed by atoms with van der Waals surface area (Å²) in [6.45, 7) is 0.0176. The topological polar surface area (TPSA) is 142 Å². The van der Waals surface area contributed by atoms with E-state index in [0.29, 0.717) is 41.1 Å². The summed E-state index contributed by atoms with van der Waals surface area (Å²) in [5.74, 6) is 1.41. The third kappa shape index (κ3) is 5.66. The van der Waals surface area contributed by atoms with Crippen molar-refractivity contribution in [3.05, 3.63) is 60.0 Å².